The second kappa shape index (κ2) is 7.80. The summed E-state index contributed by atoms with van der Waals surface area (Å²) < 4.78 is 0. The summed E-state index contributed by atoms with van der Waals surface area (Å²) >= 11 is 1.56. The first-order chi connectivity index (χ1) is 13.6. The monoisotopic (exact) mass is 392 g/mol. The lowest BCUT2D eigenvalue weighted by Crippen LogP contribution is -2.50. The van der Waals surface area contributed by atoms with E-state index in [1.807, 2.05) is 24.3 Å². The summed E-state index contributed by atoms with van der Waals surface area (Å²) in [7, 11) is 0. The molecule has 28 heavy (non-hydrogen) atoms. The number of fused-ring (bicyclic) bond motifs is 2. The number of carbonyl (C=O) groups is 1. The Morgan fingerprint density at radius 3 is 2.61 bits per heavy atom. The molecule has 0 aromatic heterocycles. The fraction of sp³-hybridized carbons (Fsp3) is 0.318. The van der Waals surface area contributed by atoms with Gasteiger partial charge in [-0.25, -0.2) is 5.01 Å². The van der Waals surface area contributed by atoms with Gasteiger partial charge in [0.1, 0.15) is 5.70 Å². The summed E-state index contributed by atoms with van der Waals surface area (Å²) in [5, 5.41) is 11.8. The van der Waals surface area contributed by atoms with Crippen LogP contribution < -0.4 is 15.9 Å². The first-order valence-corrected chi connectivity index (χ1v) is 10.7. The van der Waals surface area contributed by atoms with Crippen LogP contribution in [0, 0.1) is 0 Å². The Kier molecular flexibility index (Phi) is 5.22. The van der Waals surface area contributed by atoms with E-state index < -0.39 is 0 Å². The molecule has 2 aliphatic heterocycles. The molecule has 0 bridgehead atoms. The van der Waals surface area contributed by atoms with Crippen LogP contribution in [0.5, 0.6) is 0 Å². The fourth-order valence-corrected chi connectivity index (χ4v) is 4.07. The number of nitrogens with one attached hydrogen (secondary N) is 1. The minimum absolute atomic E-state index is 0.125. The highest BCUT2D eigenvalue weighted by Gasteiger charge is 2.34. The molecule has 2 heterocycles. The molecule has 0 saturated heterocycles. The second-order valence-corrected chi connectivity index (χ2v) is 8.33. The van der Waals surface area contributed by atoms with E-state index in [1.165, 1.54) is 5.56 Å². The molecule has 2 aromatic rings. The lowest BCUT2D eigenvalue weighted by atomic mass is 10.0. The van der Waals surface area contributed by atoms with Crippen molar-refractivity contribution in [3.63, 3.8) is 0 Å². The topological polar surface area (TPSA) is 57.1 Å². The van der Waals surface area contributed by atoms with Crippen LogP contribution in [-0.2, 0) is 4.79 Å². The highest BCUT2D eigenvalue weighted by molar-refractivity contribution is 8.13. The zero-order chi connectivity index (χ0) is 19.7. The molecule has 1 amide bonds. The van der Waals surface area contributed by atoms with E-state index >= 15 is 0 Å². The van der Waals surface area contributed by atoms with Gasteiger partial charge in [-0.2, -0.15) is 0 Å². The van der Waals surface area contributed by atoms with Crippen molar-refractivity contribution in [2.24, 2.45) is 10.1 Å². The van der Waals surface area contributed by atoms with Crippen LogP contribution >= 0.6 is 11.8 Å². The van der Waals surface area contributed by atoms with Gasteiger partial charge in [0, 0.05) is 11.0 Å². The van der Waals surface area contributed by atoms with Crippen LogP contribution in [0.15, 0.2) is 58.6 Å². The van der Waals surface area contributed by atoms with Gasteiger partial charge >= 0.3 is 0 Å². The standard InChI is InChI=1S/C22H24N4OS/c1-4-13-28-22-24-21(27)19-17-7-5-6-8-18(17)23-20(26(19)25-22)16-11-9-15(10-12-16)14(2)3/h5-12,14,20H,4,13H2,1-3H3,(H,24,25,27). The lowest BCUT2D eigenvalue weighted by Gasteiger charge is -2.34. The maximum atomic E-state index is 13.0. The molecule has 0 fully saturated rings. The minimum Gasteiger partial charge on any atom is -0.298 e. The molecule has 1 unspecified atom stereocenters. The molecular formula is C22H24N4OS. The summed E-state index contributed by atoms with van der Waals surface area (Å²) in [6, 6.07) is 16.2. The molecule has 144 valence electrons. The first kappa shape index (κ1) is 18.7. The Morgan fingerprint density at radius 1 is 1.14 bits per heavy atom. The van der Waals surface area contributed by atoms with Gasteiger partial charge in [-0.3, -0.25) is 15.1 Å². The van der Waals surface area contributed by atoms with Crippen molar-refractivity contribution in [3.8, 4) is 0 Å². The molecular weight excluding hydrogens is 368 g/mol. The van der Waals surface area contributed by atoms with Gasteiger partial charge in [-0.15, -0.1) is 5.10 Å². The van der Waals surface area contributed by atoms with E-state index in [-0.39, 0.29) is 12.1 Å². The van der Waals surface area contributed by atoms with E-state index in [2.05, 4.69) is 50.4 Å². The van der Waals surface area contributed by atoms with Crippen molar-refractivity contribution in [2.75, 3.05) is 5.75 Å². The number of amides is 1. The number of amidine groups is 1. The third-order valence-electron chi connectivity index (χ3n) is 4.86. The Hall–Kier alpha value is -2.60. The normalized spacial score (nSPS) is 18.2. The van der Waals surface area contributed by atoms with Crippen molar-refractivity contribution in [1.82, 2.24) is 10.3 Å². The van der Waals surface area contributed by atoms with Gasteiger partial charge in [0.2, 0.25) is 0 Å². The zero-order valence-electron chi connectivity index (χ0n) is 16.3. The number of nitrogens with zero attached hydrogens (tertiary/aromatic N) is 3. The highest BCUT2D eigenvalue weighted by Crippen LogP contribution is 2.31. The molecule has 1 N–H and O–H groups in total. The number of para-hydroxylation sites is 1. The van der Waals surface area contributed by atoms with E-state index in [1.54, 1.807) is 16.8 Å². The van der Waals surface area contributed by atoms with Crippen LogP contribution in [0.25, 0.3) is 5.70 Å². The van der Waals surface area contributed by atoms with Crippen molar-refractivity contribution >= 4 is 28.5 Å². The Morgan fingerprint density at radius 2 is 1.89 bits per heavy atom. The van der Waals surface area contributed by atoms with Crippen LogP contribution in [0.2, 0.25) is 0 Å². The third-order valence-corrected chi connectivity index (χ3v) is 5.93. The SMILES string of the molecule is CCCSC1=NN2C(=c3ccccc3=NC2c2ccc(C(C)C)cc2)C(=O)N1. The van der Waals surface area contributed by atoms with Gasteiger partial charge in [-0.05, 0) is 29.5 Å². The Bertz CT molecular complexity index is 1040. The molecule has 0 spiro atoms. The van der Waals surface area contributed by atoms with Gasteiger partial charge in [0.05, 0.1) is 5.36 Å². The second-order valence-electron chi connectivity index (χ2n) is 7.24. The molecule has 6 heteroatoms. The molecule has 2 aliphatic rings. The van der Waals surface area contributed by atoms with Gasteiger partial charge < -0.3 is 0 Å². The Balaban J connectivity index is 1.84. The quantitative estimate of drug-likeness (QED) is 0.870. The predicted molar refractivity (Wildman–Crippen MR) is 114 cm³/mol. The maximum absolute atomic E-state index is 13.0. The number of thioether (sulfide) groups is 1. The largest absolute Gasteiger partial charge is 0.298 e. The van der Waals surface area contributed by atoms with Crippen molar-refractivity contribution in [3.05, 3.63) is 70.2 Å². The van der Waals surface area contributed by atoms with Crippen LogP contribution in [0.4, 0.5) is 0 Å². The molecule has 0 radical (unpaired) electrons. The van der Waals surface area contributed by atoms with E-state index in [4.69, 9.17) is 10.1 Å². The number of hydrogen-bond donors (Lipinski definition) is 1. The Labute approximate surface area is 169 Å². The summed E-state index contributed by atoms with van der Waals surface area (Å²) in [5.74, 6) is 1.25. The predicted octanol–water partition coefficient (Wildman–Crippen LogP) is 3.10. The molecule has 2 aromatic carbocycles. The van der Waals surface area contributed by atoms with Gasteiger partial charge in [0.25, 0.3) is 5.91 Å². The molecule has 0 saturated carbocycles. The summed E-state index contributed by atoms with van der Waals surface area (Å²) in [6.07, 6.45) is 0.665. The molecule has 5 nitrogen and oxygen atoms in total. The van der Waals surface area contributed by atoms with Gasteiger partial charge in [-0.1, -0.05) is 75.0 Å². The summed E-state index contributed by atoms with van der Waals surface area (Å²) in [4.78, 5) is 17.9. The third kappa shape index (κ3) is 3.44. The highest BCUT2D eigenvalue weighted by atomic mass is 32.2. The number of carbonyl (C=O) groups excluding carboxylic acids is 1. The van der Waals surface area contributed by atoms with E-state index in [9.17, 15) is 4.79 Å². The number of rotatable bonds is 4. The smallest absolute Gasteiger partial charge is 0.276 e. The fourth-order valence-electron chi connectivity index (χ4n) is 3.36. The molecule has 4 rings (SSSR count). The average Bonchev–Trinajstić information content (AvgIpc) is 2.71. The summed E-state index contributed by atoms with van der Waals surface area (Å²) in [5.41, 5.74) is 2.86. The summed E-state index contributed by atoms with van der Waals surface area (Å²) in [6.45, 7) is 6.47. The molecule has 0 aliphatic carbocycles. The average molecular weight is 393 g/mol. The van der Waals surface area contributed by atoms with Crippen LogP contribution in [-0.4, -0.2) is 21.8 Å². The van der Waals surface area contributed by atoms with Crippen molar-refractivity contribution in [1.29, 1.82) is 0 Å². The number of benzene rings is 2. The molecule has 1 atom stereocenters. The van der Waals surface area contributed by atoms with Crippen LogP contribution in [0.1, 0.15) is 50.4 Å². The maximum Gasteiger partial charge on any atom is 0.276 e. The van der Waals surface area contributed by atoms with Gasteiger partial charge in [0.15, 0.2) is 11.3 Å². The van der Waals surface area contributed by atoms with Crippen LogP contribution in [0.3, 0.4) is 0 Å². The van der Waals surface area contributed by atoms with E-state index in [0.29, 0.717) is 16.8 Å². The zero-order valence-corrected chi connectivity index (χ0v) is 17.2. The van der Waals surface area contributed by atoms with E-state index in [0.717, 1.165) is 28.3 Å². The minimum atomic E-state index is -0.352. The van der Waals surface area contributed by atoms with Crippen molar-refractivity contribution < 1.29 is 4.79 Å². The number of hydrogen-bond acceptors (Lipinski definition) is 5. The number of hydrazone groups is 1. The first-order valence-electron chi connectivity index (χ1n) is 9.67. The lowest BCUT2D eigenvalue weighted by molar-refractivity contribution is -0.116. The van der Waals surface area contributed by atoms with Crippen molar-refractivity contribution in [2.45, 2.75) is 39.3 Å².